The van der Waals surface area contributed by atoms with E-state index in [1.165, 1.54) is 0 Å². The molecule has 3 aliphatic rings. The number of anilines is 1. The number of nitrogens with one attached hydrogen (secondary N) is 1. The van der Waals surface area contributed by atoms with Crippen LogP contribution in [0, 0.1) is 23.7 Å². The molecule has 2 aromatic carbocycles. The van der Waals surface area contributed by atoms with Crippen LogP contribution in [0.15, 0.2) is 54.6 Å². The number of carbonyl (C=O) groups is 4. The number of fused-ring (bicyclic) bond motifs is 5. The Morgan fingerprint density at radius 2 is 1.57 bits per heavy atom. The standard InChI is InChI=1S/C28H30N2O5/c1-2-17-8-12-21(13-9-17)29-23(31)16-35-28(34)22(14-18-6-4-3-5-7-18)30-26(32)24-19-10-11-20(15-19)25(24)27(30)33/h3-9,12-13,19-20,22,24-25H,2,10-11,14-16H2,1H3,(H,29,31)/t19-,20-,22-,24-,25+/m0/s1. The number of nitrogens with zero attached hydrogens (tertiary/aromatic N) is 1. The van der Waals surface area contributed by atoms with Gasteiger partial charge in [0.25, 0.3) is 5.91 Å². The van der Waals surface area contributed by atoms with Gasteiger partial charge in [-0.05, 0) is 60.8 Å². The largest absolute Gasteiger partial charge is 0.454 e. The molecule has 5 atom stereocenters. The highest BCUT2D eigenvalue weighted by molar-refractivity contribution is 6.08. The molecule has 1 N–H and O–H groups in total. The predicted octanol–water partition coefficient (Wildman–Crippen LogP) is 3.37. The predicted molar refractivity (Wildman–Crippen MR) is 129 cm³/mol. The monoisotopic (exact) mass is 474 g/mol. The van der Waals surface area contributed by atoms with Crippen molar-refractivity contribution in [2.24, 2.45) is 23.7 Å². The Hall–Kier alpha value is -3.48. The molecule has 0 spiro atoms. The summed E-state index contributed by atoms with van der Waals surface area (Å²) in [4.78, 5) is 53.5. The third-order valence-electron chi connectivity index (χ3n) is 7.81. The van der Waals surface area contributed by atoms with E-state index >= 15 is 0 Å². The summed E-state index contributed by atoms with van der Waals surface area (Å²) >= 11 is 0. The second kappa shape index (κ2) is 9.64. The van der Waals surface area contributed by atoms with E-state index in [-0.39, 0.29) is 41.9 Å². The fraction of sp³-hybridized carbons (Fsp3) is 0.429. The molecule has 1 heterocycles. The second-order valence-electron chi connectivity index (χ2n) is 9.84. The lowest BCUT2D eigenvalue weighted by Gasteiger charge is -2.26. The summed E-state index contributed by atoms with van der Waals surface area (Å²) in [6.45, 7) is 1.56. The number of carbonyl (C=O) groups excluding carboxylic acids is 4. The van der Waals surface area contributed by atoms with Gasteiger partial charge in [0.05, 0.1) is 11.8 Å². The van der Waals surface area contributed by atoms with Gasteiger partial charge < -0.3 is 10.1 Å². The molecule has 35 heavy (non-hydrogen) atoms. The van der Waals surface area contributed by atoms with E-state index in [1.54, 1.807) is 12.1 Å². The van der Waals surface area contributed by atoms with Crippen LogP contribution >= 0.6 is 0 Å². The Bertz CT molecular complexity index is 1100. The molecule has 1 aliphatic heterocycles. The summed E-state index contributed by atoms with van der Waals surface area (Å²) in [6.07, 6.45) is 3.91. The Morgan fingerprint density at radius 1 is 0.943 bits per heavy atom. The first-order chi connectivity index (χ1) is 17.0. The van der Waals surface area contributed by atoms with E-state index in [2.05, 4.69) is 5.32 Å². The smallest absolute Gasteiger partial charge is 0.330 e. The third kappa shape index (κ3) is 4.47. The molecule has 7 nitrogen and oxygen atoms in total. The average molecular weight is 475 g/mol. The highest BCUT2D eigenvalue weighted by atomic mass is 16.5. The molecule has 2 aliphatic carbocycles. The second-order valence-corrected chi connectivity index (χ2v) is 9.84. The molecule has 0 radical (unpaired) electrons. The van der Waals surface area contributed by atoms with Gasteiger partial charge in [0, 0.05) is 12.1 Å². The first kappa shape index (κ1) is 23.3. The van der Waals surface area contributed by atoms with Crippen LogP contribution in [0.3, 0.4) is 0 Å². The van der Waals surface area contributed by atoms with Crippen LogP contribution in [0.1, 0.15) is 37.3 Å². The van der Waals surface area contributed by atoms with Gasteiger partial charge in [-0.25, -0.2) is 4.79 Å². The molecule has 2 aromatic rings. The van der Waals surface area contributed by atoms with Crippen LogP contribution in [-0.2, 0) is 36.8 Å². The number of ether oxygens (including phenoxy) is 1. The van der Waals surface area contributed by atoms with Gasteiger partial charge in [0.1, 0.15) is 6.04 Å². The zero-order valence-electron chi connectivity index (χ0n) is 19.8. The highest BCUT2D eigenvalue weighted by Gasteiger charge is 2.62. The Labute approximate surface area is 204 Å². The van der Waals surface area contributed by atoms with Crippen molar-refractivity contribution in [1.29, 1.82) is 0 Å². The van der Waals surface area contributed by atoms with Crippen LogP contribution < -0.4 is 5.32 Å². The van der Waals surface area contributed by atoms with Crippen LogP contribution in [0.4, 0.5) is 5.69 Å². The number of amides is 3. The van der Waals surface area contributed by atoms with Crippen molar-refractivity contribution in [3.05, 3.63) is 65.7 Å². The minimum Gasteiger partial charge on any atom is -0.454 e. The maximum Gasteiger partial charge on any atom is 0.330 e. The lowest BCUT2D eigenvalue weighted by Crippen LogP contribution is -2.48. The number of likely N-dealkylation sites (tertiary alicyclic amines) is 1. The topological polar surface area (TPSA) is 92.8 Å². The quantitative estimate of drug-likeness (QED) is 0.468. The fourth-order valence-corrected chi connectivity index (χ4v) is 6.11. The number of benzene rings is 2. The summed E-state index contributed by atoms with van der Waals surface area (Å²) in [7, 11) is 0. The van der Waals surface area contributed by atoms with Crippen LogP contribution in [-0.4, -0.2) is 41.2 Å². The van der Waals surface area contributed by atoms with Gasteiger partial charge in [0.15, 0.2) is 6.61 Å². The molecular weight excluding hydrogens is 444 g/mol. The first-order valence-corrected chi connectivity index (χ1v) is 12.4. The molecule has 3 fully saturated rings. The van der Waals surface area contributed by atoms with E-state index in [0.29, 0.717) is 5.69 Å². The maximum atomic E-state index is 13.4. The summed E-state index contributed by atoms with van der Waals surface area (Å²) in [5, 5.41) is 2.71. The van der Waals surface area contributed by atoms with Crippen molar-refractivity contribution < 1.29 is 23.9 Å². The van der Waals surface area contributed by atoms with Crippen molar-refractivity contribution in [3.8, 4) is 0 Å². The summed E-state index contributed by atoms with van der Waals surface area (Å²) in [6, 6.07) is 15.6. The van der Waals surface area contributed by atoms with Crippen molar-refractivity contribution >= 4 is 29.4 Å². The maximum absolute atomic E-state index is 13.4. The molecule has 2 saturated carbocycles. The summed E-state index contributed by atoms with van der Waals surface area (Å²) < 4.78 is 5.36. The van der Waals surface area contributed by atoms with Crippen molar-refractivity contribution in [2.45, 2.75) is 45.1 Å². The third-order valence-corrected chi connectivity index (χ3v) is 7.81. The van der Waals surface area contributed by atoms with Crippen molar-refractivity contribution in [3.63, 3.8) is 0 Å². The number of esters is 1. The molecule has 182 valence electrons. The zero-order valence-corrected chi connectivity index (χ0v) is 19.8. The summed E-state index contributed by atoms with van der Waals surface area (Å²) in [5.74, 6) is -1.91. The van der Waals surface area contributed by atoms with Crippen LogP contribution in [0.25, 0.3) is 0 Å². The lowest BCUT2D eigenvalue weighted by molar-refractivity contribution is -0.160. The number of hydrogen-bond donors (Lipinski definition) is 1. The summed E-state index contributed by atoms with van der Waals surface area (Å²) in [5.41, 5.74) is 2.57. The zero-order chi connectivity index (χ0) is 24.5. The number of aryl methyl sites for hydroxylation is 1. The highest BCUT2D eigenvalue weighted by Crippen LogP contribution is 2.56. The molecule has 3 amide bonds. The Balaban J connectivity index is 1.29. The number of imide groups is 1. The van der Waals surface area contributed by atoms with E-state index in [4.69, 9.17) is 4.74 Å². The minimum absolute atomic E-state index is 0.159. The minimum atomic E-state index is -1.08. The van der Waals surface area contributed by atoms with Gasteiger partial charge in [-0.1, -0.05) is 49.4 Å². The van der Waals surface area contributed by atoms with Gasteiger partial charge in [-0.2, -0.15) is 0 Å². The van der Waals surface area contributed by atoms with Crippen LogP contribution in [0.2, 0.25) is 0 Å². The molecule has 2 bridgehead atoms. The lowest BCUT2D eigenvalue weighted by atomic mass is 9.81. The van der Waals surface area contributed by atoms with Crippen molar-refractivity contribution in [1.82, 2.24) is 4.90 Å². The van der Waals surface area contributed by atoms with Gasteiger partial charge >= 0.3 is 5.97 Å². The first-order valence-electron chi connectivity index (χ1n) is 12.4. The fourth-order valence-electron chi connectivity index (χ4n) is 6.11. The van der Waals surface area contributed by atoms with Crippen LogP contribution in [0.5, 0.6) is 0 Å². The Kier molecular flexibility index (Phi) is 6.41. The Morgan fingerprint density at radius 3 is 2.17 bits per heavy atom. The average Bonchev–Trinajstić information content (AvgIpc) is 3.56. The number of rotatable bonds is 8. The van der Waals surface area contributed by atoms with Gasteiger partial charge in [0.2, 0.25) is 11.8 Å². The van der Waals surface area contributed by atoms with Crippen molar-refractivity contribution in [2.75, 3.05) is 11.9 Å². The van der Waals surface area contributed by atoms with E-state index < -0.39 is 24.5 Å². The SMILES string of the molecule is CCc1ccc(NC(=O)COC(=O)[C@H](Cc2ccccc2)N2C(=O)[C@@H]3[C@H]4CC[C@@H](C4)[C@@H]3C2=O)cc1. The number of hydrogen-bond acceptors (Lipinski definition) is 5. The van der Waals surface area contributed by atoms with E-state index in [1.807, 2.05) is 49.4 Å². The molecular formula is C28H30N2O5. The molecule has 0 aromatic heterocycles. The van der Waals surface area contributed by atoms with Gasteiger partial charge in [-0.15, -0.1) is 0 Å². The van der Waals surface area contributed by atoms with Gasteiger partial charge in [-0.3, -0.25) is 19.3 Å². The van der Waals surface area contributed by atoms with E-state index in [9.17, 15) is 19.2 Å². The normalized spacial score (nSPS) is 25.5. The molecule has 1 saturated heterocycles. The van der Waals surface area contributed by atoms with E-state index in [0.717, 1.165) is 41.7 Å². The molecule has 5 rings (SSSR count). The molecule has 0 unspecified atom stereocenters. The molecule has 7 heteroatoms.